The highest BCUT2D eigenvalue weighted by atomic mass is 15.3. The zero-order valence-electron chi connectivity index (χ0n) is 12.2. The van der Waals surface area contributed by atoms with Crippen LogP contribution >= 0.6 is 0 Å². The van der Waals surface area contributed by atoms with Crippen molar-refractivity contribution in [2.24, 2.45) is 0 Å². The van der Waals surface area contributed by atoms with Gasteiger partial charge in [-0.3, -0.25) is 0 Å². The maximum absolute atomic E-state index is 4.33. The van der Waals surface area contributed by atoms with E-state index in [4.69, 9.17) is 0 Å². The SMILES string of the molecule is CC.c1ccc(-c2ccc(N3CCNCC3)nn2)cc1. The zero-order chi connectivity index (χ0) is 14.2. The van der Waals surface area contributed by atoms with E-state index in [9.17, 15) is 0 Å². The van der Waals surface area contributed by atoms with Crippen LogP contribution < -0.4 is 10.2 Å². The van der Waals surface area contributed by atoms with Crippen LogP contribution in [0.2, 0.25) is 0 Å². The molecule has 1 saturated heterocycles. The van der Waals surface area contributed by atoms with E-state index in [2.05, 4.69) is 38.6 Å². The maximum atomic E-state index is 4.33. The molecule has 1 aromatic carbocycles. The minimum absolute atomic E-state index is 0.925. The highest BCUT2D eigenvalue weighted by molar-refractivity contribution is 5.59. The van der Waals surface area contributed by atoms with E-state index in [1.807, 2.05) is 38.1 Å². The third-order valence-corrected chi connectivity index (χ3v) is 3.16. The average molecular weight is 270 g/mol. The smallest absolute Gasteiger partial charge is 0.151 e. The van der Waals surface area contributed by atoms with Crippen molar-refractivity contribution >= 4 is 5.82 Å². The highest BCUT2D eigenvalue weighted by Crippen LogP contribution is 2.18. The first-order valence-corrected chi connectivity index (χ1v) is 7.28. The average Bonchev–Trinajstić information content (AvgIpc) is 2.58. The first-order valence-electron chi connectivity index (χ1n) is 7.28. The van der Waals surface area contributed by atoms with Crippen molar-refractivity contribution in [2.45, 2.75) is 13.8 Å². The van der Waals surface area contributed by atoms with Crippen LogP contribution in [0.5, 0.6) is 0 Å². The van der Waals surface area contributed by atoms with Crippen LogP contribution in [0.3, 0.4) is 0 Å². The number of nitrogens with one attached hydrogen (secondary N) is 1. The predicted molar refractivity (Wildman–Crippen MR) is 83.9 cm³/mol. The van der Waals surface area contributed by atoms with Crippen LogP contribution in [0.1, 0.15) is 13.8 Å². The number of hydrogen-bond donors (Lipinski definition) is 1. The molecule has 2 heterocycles. The van der Waals surface area contributed by atoms with Gasteiger partial charge in [0.25, 0.3) is 0 Å². The van der Waals surface area contributed by atoms with Gasteiger partial charge in [-0.25, -0.2) is 0 Å². The van der Waals surface area contributed by atoms with E-state index in [1.54, 1.807) is 0 Å². The molecule has 1 fully saturated rings. The van der Waals surface area contributed by atoms with Crippen LogP contribution in [0, 0.1) is 0 Å². The van der Waals surface area contributed by atoms with Crippen LogP contribution in [0.25, 0.3) is 11.3 Å². The second kappa shape index (κ2) is 7.60. The van der Waals surface area contributed by atoms with Crippen molar-refractivity contribution in [3.63, 3.8) is 0 Å². The Hall–Kier alpha value is -1.94. The van der Waals surface area contributed by atoms with Gasteiger partial charge >= 0.3 is 0 Å². The lowest BCUT2D eigenvalue weighted by atomic mass is 10.1. The highest BCUT2D eigenvalue weighted by Gasteiger charge is 2.11. The van der Waals surface area contributed by atoms with Crippen LogP contribution in [0.15, 0.2) is 42.5 Å². The Bertz CT molecular complexity index is 490. The van der Waals surface area contributed by atoms with Crippen molar-refractivity contribution < 1.29 is 0 Å². The van der Waals surface area contributed by atoms with Crippen molar-refractivity contribution in [1.29, 1.82) is 0 Å². The number of piperazine rings is 1. The molecule has 0 bridgehead atoms. The first-order chi connectivity index (χ1) is 9.93. The molecule has 3 rings (SSSR count). The Morgan fingerprint density at radius 2 is 1.60 bits per heavy atom. The maximum Gasteiger partial charge on any atom is 0.151 e. The molecule has 1 aliphatic rings. The molecule has 0 amide bonds. The summed E-state index contributed by atoms with van der Waals surface area (Å²) in [6.07, 6.45) is 0. The molecule has 0 saturated carbocycles. The van der Waals surface area contributed by atoms with E-state index in [-0.39, 0.29) is 0 Å². The van der Waals surface area contributed by atoms with Crippen LogP contribution in [-0.2, 0) is 0 Å². The Morgan fingerprint density at radius 3 is 2.20 bits per heavy atom. The molecular weight excluding hydrogens is 248 g/mol. The van der Waals surface area contributed by atoms with E-state index >= 15 is 0 Å². The molecule has 2 aromatic rings. The van der Waals surface area contributed by atoms with Crippen molar-refractivity contribution in [3.05, 3.63) is 42.5 Å². The van der Waals surface area contributed by atoms with E-state index in [0.29, 0.717) is 0 Å². The summed E-state index contributed by atoms with van der Waals surface area (Å²) in [6.45, 7) is 8.03. The van der Waals surface area contributed by atoms with Gasteiger partial charge < -0.3 is 10.2 Å². The van der Waals surface area contributed by atoms with Gasteiger partial charge in [-0.15, -0.1) is 10.2 Å². The summed E-state index contributed by atoms with van der Waals surface area (Å²) < 4.78 is 0. The monoisotopic (exact) mass is 270 g/mol. The fourth-order valence-corrected chi connectivity index (χ4v) is 2.15. The first kappa shape index (κ1) is 14.5. The van der Waals surface area contributed by atoms with E-state index < -0.39 is 0 Å². The molecule has 0 unspecified atom stereocenters. The summed E-state index contributed by atoms with van der Waals surface area (Å²) in [5, 5.41) is 12.0. The Balaban J connectivity index is 0.000000704. The quantitative estimate of drug-likeness (QED) is 0.910. The fourth-order valence-electron chi connectivity index (χ4n) is 2.15. The van der Waals surface area contributed by atoms with E-state index in [1.165, 1.54) is 0 Å². The van der Waals surface area contributed by atoms with Crippen molar-refractivity contribution in [1.82, 2.24) is 15.5 Å². The standard InChI is InChI=1S/C14H16N4.C2H6/c1-2-4-12(5-3-1)13-6-7-14(17-16-13)18-10-8-15-9-11-18;1-2/h1-7,15H,8-11H2;1-2H3. The fraction of sp³-hybridized carbons (Fsp3) is 0.375. The summed E-state index contributed by atoms with van der Waals surface area (Å²) in [4.78, 5) is 2.26. The van der Waals surface area contributed by atoms with Gasteiger partial charge in [-0.05, 0) is 12.1 Å². The van der Waals surface area contributed by atoms with Gasteiger partial charge in [-0.2, -0.15) is 0 Å². The molecule has 0 aliphatic carbocycles. The molecule has 1 aromatic heterocycles. The lowest BCUT2D eigenvalue weighted by molar-refractivity contribution is 0.583. The molecule has 4 heteroatoms. The van der Waals surface area contributed by atoms with Gasteiger partial charge in [0.05, 0.1) is 5.69 Å². The summed E-state index contributed by atoms with van der Waals surface area (Å²) in [7, 11) is 0. The Labute approximate surface area is 120 Å². The van der Waals surface area contributed by atoms with Crippen LogP contribution in [0.4, 0.5) is 5.82 Å². The largest absolute Gasteiger partial charge is 0.353 e. The molecule has 1 N–H and O–H groups in total. The minimum atomic E-state index is 0.925. The predicted octanol–water partition coefficient (Wildman–Crippen LogP) is 2.58. The number of nitrogens with zero attached hydrogens (tertiary/aromatic N) is 3. The summed E-state index contributed by atoms with van der Waals surface area (Å²) in [5.74, 6) is 0.969. The topological polar surface area (TPSA) is 41.0 Å². The lowest BCUT2D eigenvalue weighted by Gasteiger charge is -2.27. The van der Waals surface area contributed by atoms with E-state index in [0.717, 1.165) is 43.3 Å². The molecule has 4 nitrogen and oxygen atoms in total. The summed E-state index contributed by atoms with van der Waals surface area (Å²) in [5.41, 5.74) is 2.03. The summed E-state index contributed by atoms with van der Waals surface area (Å²) >= 11 is 0. The molecule has 20 heavy (non-hydrogen) atoms. The normalized spacial score (nSPS) is 14.4. The third-order valence-electron chi connectivity index (χ3n) is 3.16. The van der Waals surface area contributed by atoms with Gasteiger partial charge in [0.1, 0.15) is 0 Å². The minimum Gasteiger partial charge on any atom is -0.353 e. The van der Waals surface area contributed by atoms with Gasteiger partial charge in [0, 0.05) is 31.7 Å². The number of aromatic nitrogens is 2. The molecule has 0 atom stereocenters. The van der Waals surface area contributed by atoms with Gasteiger partial charge in [0.15, 0.2) is 5.82 Å². The second-order valence-electron chi connectivity index (χ2n) is 4.38. The molecule has 0 spiro atoms. The third kappa shape index (κ3) is 3.54. The Morgan fingerprint density at radius 1 is 0.900 bits per heavy atom. The molecule has 106 valence electrons. The van der Waals surface area contributed by atoms with Crippen molar-refractivity contribution in [3.8, 4) is 11.3 Å². The molecule has 1 aliphatic heterocycles. The lowest BCUT2D eigenvalue weighted by Crippen LogP contribution is -2.43. The zero-order valence-corrected chi connectivity index (χ0v) is 12.2. The number of rotatable bonds is 2. The number of benzene rings is 1. The molecule has 0 radical (unpaired) electrons. The van der Waals surface area contributed by atoms with Crippen LogP contribution in [-0.4, -0.2) is 36.4 Å². The van der Waals surface area contributed by atoms with Gasteiger partial charge in [-0.1, -0.05) is 44.2 Å². The molecular formula is C16H22N4. The van der Waals surface area contributed by atoms with Gasteiger partial charge in [0.2, 0.25) is 0 Å². The summed E-state index contributed by atoms with van der Waals surface area (Å²) in [6, 6.07) is 14.2. The number of anilines is 1. The Kier molecular flexibility index (Phi) is 5.50. The van der Waals surface area contributed by atoms with Crippen molar-refractivity contribution in [2.75, 3.05) is 31.1 Å². The number of hydrogen-bond acceptors (Lipinski definition) is 4. The second-order valence-corrected chi connectivity index (χ2v) is 4.38.